The fourth-order valence-electron chi connectivity index (χ4n) is 1.69. The highest BCUT2D eigenvalue weighted by Gasteiger charge is 2.16. The molecule has 100 valence electrons. The average molecular weight is 269 g/mol. The minimum absolute atomic E-state index is 0.0775. The second-order valence-electron chi connectivity index (χ2n) is 4.39. The van der Waals surface area contributed by atoms with E-state index in [1.807, 2.05) is 13.8 Å². The third-order valence-corrected chi connectivity index (χ3v) is 4.25. The predicted molar refractivity (Wildman–Crippen MR) is 71.1 cm³/mol. The maximum Gasteiger partial charge on any atom is 0.240 e. The van der Waals surface area contributed by atoms with Crippen LogP contribution in [-0.2, 0) is 10.0 Å². The van der Waals surface area contributed by atoms with Crippen LogP contribution in [0.25, 0.3) is 0 Å². The molecule has 4 nitrogen and oxygen atoms in total. The first-order valence-corrected chi connectivity index (χ1v) is 7.48. The van der Waals surface area contributed by atoms with Crippen molar-refractivity contribution in [3.05, 3.63) is 29.8 Å². The lowest BCUT2D eigenvalue weighted by Gasteiger charge is -2.13. The molecule has 0 radical (unpaired) electrons. The van der Waals surface area contributed by atoms with E-state index in [0.717, 1.165) is 12.8 Å². The minimum atomic E-state index is -3.49. The molecule has 18 heavy (non-hydrogen) atoms. The Bertz CT molecular complexity index is 506. The molecule has 0 aromatic heterocycles. The van der Waals surface area contributed by atoms with Gasteiger partial charge in [-0.15, -0.1) is 0 Å². The van der Waals surface area contributed by atoms with E-state index in [4.69, 9.17) is 0 Å². The first kappa shape index (κ1) is 14.9. The third kappa shape index (κ3) is 3.92. The van der Waals surface area contributed by atoms with Gasteiger partial charge in [0.2, 0.25) is 10.0 Å². The molecule has 1 rings (SSSR count). The van der Waals surface area contributed by atoms with Crippen molar-refractivity contribution in [2.75, 3.05) is 0 Å². The van der Waals surface area contributed by atoms with Gasteiger partial charge in [0.05, 0.1) is 4.90 Å². The van der Waals surface area contributed by atoms with Gasteiger partial charge in [-0.05, 0) is 32.4 Å². The Kier molecular flexibility index (Phi) is 5.04. The standard InChI is InChI=1S/C13H19NO3S/c1-4-5-10(2)14-18(16,17)13-8-6-12(7-9-13)11(3)15/h6-10,14H,4-5H2,1-3H3/t10-/m0/s1. The molecule has 0 aliphatic heterocycles. The maximum absolute atomic E-state index is 12.0. The van der Waals surface area contributed by atoms with Gasteiger partial charge in [-0.1, -0.05) is 25.5 Å². The number of hydrogen-bond acceptors (Lipinski definition) is 3. The lowest BCUT2D eigenvalue weighted by molar-refractivity contribution is 0.101. The van der Waals surface area contributed by atoms with Gasteiger partial charge in [-0.2, -0.15) is 0 Å². The van der Waals surface area contributed by atoms with Crippen molar-refractivity contribution in [2.45, 2.75) is 44.6 Å². The number of Topliss-reactive ketones (excluding diaryl/α,β-unsaturated/α-hetero) is 1. The van der Waals surface area contributed by atoms with Gasteiger partial charge in [-0.3, -0.25) is 4.79 Å². The second-order valence-corrected chi connectivity index (χ2v) is 6.11. The molecule has 0 heterocycles. The number of carbonyl (C=O) groups excluding carboxylic acids is 1. The third-order valence-electron chi connectivity index (χ3n) is 2.65. The van der Waals surface area contributed by atoms with Gasteiger partial charge in [0, 0.05) is 11.6 Å². The van der Waals surface area contributed by atoms with Crippen molar-refractivity contribution in [2.24, 2.45) is 0 Å². The fourth-order valence-corrected chi connectivity index (χ4v) is 2.97. The van der Waals surface area contributed by atoms with Crippen molar-refractivity contribution in [1.82, 2.24) is 4.72 Å². The van der Waals surface area contributed by atoms with Crippen LogP contribution in [0.3, 0.4) is 0 Å². The molecule has 5 heteroatoms. The van der Waals surface area contributed by atoms with Crippen LogP contribution in [0.1, 0.15) is 44.0 Å². The van der Waals surface area contributed by atoms with E-state index in [-0.39, 0.29) is 16.7 Å². The zero-order chi connectivity index (χ0) is 13.8. The van der Waals surface area contributed by atoms with Gasteiger partial charge in [-0.25, -0.2) is 13.1 Å². The molecule has 1 N–H and O–H groups in total. The van der Waals surface area contributed by atoms with Crippen LogP contribution in [0.15, 0.2) is 29.2 Å². The van der Waals surface area contributed by atoms with E-state index in [0.29, 0.717) is 5.56 Å². The van der Waals surface area contributed by atoms with Crippen LogP contribution in [0.5, 0.6) is 0 Å². The van der Waals surface area contributed by atoms with Crippen molar-refractivity contribution in [1.29, 1.82) is 0 Å². The van der Waals surface area contributed by atoms with Crippen molar-refractivity contribution in [3.63, 3.8) is 0 Å². The van der Waals surface area contributed by atoms with E-state index in [1.54, 1.807) is 0 Å². The van der Waals surface area contributed by atoms with E-state index in [2.05, 4.69) is 4.72 Å². The summed E-state index contributed by atoms with van der Waals surface area (Å²) in [5.74, 6) is -0.0775. The molecule has 0 amide bonds. The Morgan fingerprint density at radius 3 is 2.28 bits per heavy atom. The molecule has 0 spiro atoms. The van der Waals surface area contributed by atoms with Crippen LogP contribution in [0, 0.1) is 0 Å². The monoisotopic (exact) mass is 269 g/mol. The van der Waals surface area contributed by atoms with E-state index >= 15 is 0 Å². The van der Waals surface area contributed by atoms with Crippen molar-refractivity contribution < 1.29 is 13.2 Å². The zero-order valence-electron chi connectivity index (χ0n) is 10.9. The van der Waals surface area contributed by atoms with Gasteiger partial charge in [0.15, 0.2) is 5.78 Å². The highest BCUT2D eigenvalue weighted by Crippen LogP contribution is 2.12. The molecule has 0 fully saturated rings. The Morgan fingerprint density at radius 2 is 1.83 bits per heavy atom. The first-order valence-electron chi connectivity index (χ1n) is 6.00. The number of ketones is 1. The molecular weight excluding hydrogens is 250 g/mol. The Morgan fingerprint density at radius 1 is 1.28 bits per heavy atom. The predicted octanol–water partition coefficient (Wildman–Crippen LogP) is 2.36. The summed E-state index contributed by atoms with van der Waals surface area (Å²) in [4.78, 5) is 11.3. The summed E-state index contributed by atoms with van der Waals surface area (Å²) in [6.45, 7) is 5.29. The molecule has 0 saturated heterocycles. The van der Waals surface area contributed by atoms with Crippen molar-refractivity contribution in [3.8, 4) is 0 Å². The lowest BCUT2D eigenvalue weighted by atomic mass is 10.2. The number of nitrogens with one attached hydrogen (secondary N) is 1. The molecule has 0 saturated carbocycles. The fraction of sp³-hybridized carbons (Fsp3) is 0.462. The average Bonchev–Trinajstić information content (AvgIpc) is 2.28. The molecule has 1 aromatic carbocycles. The summed E-state index contributed by atoms with van der Waals surface area (Å²) in [6.07, 6.45) is 1.72. The number of carbonyl (C=O) groups is 1. The SMILES string of the molecule is CCC[C@H](C)NS(=O)(=O)c1ccc(C(C)=O)cc1. The normalized spacial score (nSPS) is 13.3. The highest BCUT2D eigenvalue weighted by molar-refractivity contribution is 7.89. The molecule has 0 unspecified atom stereocenters. The van der Waals surface area contributed by atoms with E-state index < -0.39 is 10.0 Å². The number of sulfonamides is 1. The Labute approximate surface area is 108 Å². The smallest absolute Gasteiger partial charge is 0.240 e. The lowest BCUT2D eigenvalue weighted by Crippen LogP contribution is -2.32. The van der Waals surface area contributed by atoms with E-state index in [9.17, 15) is 13.2 Å². The number of rotatable bonds is 6. The van der Waals surface area contributed by atoms with Gasteiger partial charge in [0.1, 0.15) is 0 Å². The van der Waals surface area contributed by atoms with Crippen LogP contribution >= 0.6 is 0 Å². The summed E-state index contributed by atoms with van der Waals surface area (Å²) >= 11 is 0. The number of hydrogen-bond donors (Lipinski definition) is 1. The summed E-state index contributed by atoms with van der Waals surface area (Å²) in [6, 6.07) is 5.88. The molecule has 1 aromatic rings. The molecule has 0 aliphatic carbocycles. The highest BCUT2D eigenvalue weighted by atomic mass is 32.2. The minimum Gasteiger partial charge on any atom is -0.295 e. The maximum atomic E-state index is 12.0. The van der Waals surface area contributed by atoms with Crippen molar-refractivity contribution >= 4 is 15.8 Å². The zero-order valence-corrected chi connectivity index (χ0v) is 11.8. The Balaban J connectivity index is 2.88. The van der Waals surface area contributed by atoms with Crippen LogP contribution in [-0.4, -0.2) is 20.2 Å². The summed E-state index contributed by atoms with van der Waals surface area (Å²) in [5.41, 5.74) is 0.510. The quantitative estimate of drug-likeness (QED) is 0.806. The van der Waals surface area contributed by atoms with E-state index in [1.165, 1.54) is 31.2 Å². The molecule has 0 aliphatic rings. The number of benzene rings is 1. The second kappa shape index (κ2) is 6.11. The largest absolute Gasteiger partial charge is 0.295 e. The molecule has 1 atom stereocenters. The molecule has 0 bridgehead atoms. The summed E-state index contributed by atoms with van der Waals surface area (Å²) in [5, 5.41) is 0. The van der Waals surface area contributed by atoms with Crippen LogP contribution in [0.2, 0.25) is 0 Å². The van der Waals surface area contributed by atoms with Gasteiger partial charge < -0.3 is 0 Å². The summed E-state index contributed by atoms with van der Waals surface area (Å²) < 4.78 is 26.6. The van der Waals surface area contributed by atoms with Crippen LogP contribution in [0.4, 0.5) is 0 Å². The van der Waals surface area contributed by atoms with Crippen LogP contribution < -0.4 is 4.72 Å². The van der Waals surface area contributed by atoms with Gasteiger partial charge >= 0.3 is 0 Å². The van der Waals surface area contributed by atoms with Gasteiger partial charge in [0.25, 0.3) is 0 Å². The topological polar surface area (TPSA) is 63.2 Å². The summed E-state index contributed by atoms with van der Waals surface area (Å²) in [7, 11) is -3.49. The first-order chi connectivity index (χ1) is 8.36. The Hall–Kier alpha value is -1.20. The molecular formula is C13H19NO3S.